The number of likely N-dealkylation sites (N-methyl/N-ethyl adjacent to an activating group) is 1. The Kier molecular flexibility index (Phi) is 8.34. The lowest BCUT2D eigenvalue weighted by molar-refractivity contribution is -0.139. The first-order chi connectivity index (χ1) is 12.9. The molecule has 2 rings (SSSR count). The third kappa shape index (κ3) is 6.37. The standard InChI is InChI=1S/C19H34N4O4/c1-4-27-19(26)23-13-11-22(12-14-23)18(25)16-7-5-15(6-8-16)17(24)20-9-10-21(2)3/h15-16H,4-14H2,1-3H3,(H,20,24). The lowest BCUT2D eigenvalue weighted by atomic mass is 9.81. The number of amides is 3. The van der Waals surface area contributed by atoms with E-state index in [2.05, 4.69) is 5.32 Å². The molecule has 0 unspecified atom stereocenters. The van der Waals surface area contributed by atoms with Gasteiger partial charge in [-0.05, 0) is 46.7 Å². The third-order valence-corrected chi connectivity index (χ3v) is 5.42. The highest BCUT2D eigenvalue weighted by Gasteiger charge is 2.33. The molecule has 2 fully saturated rings. The highest BCUT2D eigenvalue weighted by molar-refractivity contribution is 5.81. The Bertz CT molecular complexity index is 510. The maximum Gasteiger partial charge on any atom is 0.409 e. The largest absolute Gasteiger partial charge is 0.450 e. The number of hydrogen-bond acceptors (Lipinski definition) is 5. The van der Waals surface area contributed by atoms with E-state index in [1.54, 1.807) is 11.8 Å². The van der Waals surface area contributed by atoms with Crippen molar-refractivity contribution in [2.24, 2.45) is 11.8 Å². The van der Waals surface area contributed by atoms with Gasteiger partial charge in [-0.1, -0.05) is 0 Å². The average molecular weight is 383 g/mol. The van der Waals surface area contributed by atoms with Gasteiger partial charge in [0.1, 0.15) is 0 Å². The summed E-state index contributed by atoms with van der Waals surface area (Å²) in [7, 11) is 3.96. The molecule has 0 atom stereocenters. The van der Waals surface area contributed by atoms with E-state index < -0.39 is 0 Å². The van der Waals surface area contributed by atoms with Gasteiger partial charge < -0.3 is 24.8 Å². The van der Waals surface area contributed by atoms with Gasteiger partial charge in [0.15, 0.2) is 0 Å². The summed E-state index contributed by atoms with van der Waals surface area (Å²) < 4.78 is 5.01. The van der Waals surface area contributed by atoms with Gasteiger partial charge >= 0.3 is 6.09 Å². The van der Waals surface area contributed by atoms with Crippen molar-refractivity contribution in [3.05, 3.63) is 0 Å². The monoisotopic (exact) mass is 382 g/mol. The van der Waals surface area contributed by atoms with E-state index in [0.717, 1.165) is 32.2 Å². The van der Waals surface area contributed by atoms with Crippen molar-refractivity contribution >= 4 is 17.9 Å². The molecule has 0 aromatic heterocycles. The van der Waals surface area contributed by atoms with E-state index in [9.17, 15) is 14.4 Å². The fraction of sp³-hybridized carbons (Fsp3) is 0.842. The van der Waals surface area contributed by atoms with Crippen molar-refractivity contribution in [3.63, 3.8) is 0 Å². The molecule has 8 nitrogen and oxygen atoms in total. The molecule has 0 bridgehead atoms. The molecule has 1 aliphatic heterocycles. The van der Waals surface area contributed by atoms with Crippen LogP contribution in [0.15, 0.2) is 0 Å². The molecule has 154 valence electrons. The molecule has 2 aliphatic rings. The van der Waals surface area contributed by atoms with Crippen LogP contribution in [0.5, 0.6) is 0 Å². The molecular weight excluding hydrogens is 348 g/mol. The summed E-state index contributed by atoms with van der Waals surface area (Å²) in [5.41, 5.74) is 0. The molecule has 8 heteroatoms. The summed E-state index contributed by atoms with van der Waals surface area (Å²) in [6.07, 6.45) is 2.77. The predicted molar refractivity (Wildman–Crippen MR) is 102 cm³/mol. The molecule has 1 saturated carbocycles. The SMILES string of the molecule is CCOC(=O)N1CCN(C(=O)C2CCC(C(=O)NCCN(C)C)CC2)CC1. The van der Waals surface area contributed by atoms with Crippen molar-refractivity contribution in [2.75, 3.05) is 60.0 Å². The molecule has 3 amide bonds. The predicted octanol–water partition coefficient (Wildman–Crippen LogP) is 0.771. The second-order valence-corrected chi connectivity index (χ2v) is 7.65. The van der Waals surface area contributed by atoms with Crippen molar-refractivity contribution in [2.45, 2.75) is 32.6 Å². The molecular formula is C19H34N4O4. The Morgan fingerprint density at radius 3 is 2.07 bits per heavy atom. The minimum Gasteiger partial charge on any atom is -0.450 e. The maximum atomic E-state index is 12.8. The molecule has 0 aromatic rings. The second kappa shape index (κ2) is 10.5. The third-order valence-electron chi connectivity index (χ3n) is 5.42. The molecule has 0 aromatic carbocycles. The topological polar surface area (TPSA) is 82.2 Å². The summed E-state index contributed by atoms with van der Waals surface area (Å²) in [5, 5.41) is 2.99. The molecule has 1 heterocycles. The van der Waals surface area contributed by atoms with Crippen LogP contribution in [0.25, 0.3) is 0 Å². The lowest BCUT2D eigenvalue weighted by Crippen LogP contribution is -2.52. The number of ether oxygens (including phenoxy) is 1. The van der Waals surface area contributed by atoms with Crippen LogP contribution in [0.3, 0.4) is 0 Å². The van der Waals surface area contributed by atoms with E-state index in [1.807, 2.05) is 23.9 Å². The van der Waals surface area contributed by atoms with Crippen LogP contribution in [-0.4, -0.2) is 92.6 Å². The number of hydrogen-bond donors (Lipinski definition) is 1. The van der Waals surface area contributed by atoms with Crippen LogP contribution >= 0.6 is 0 Å². The molecule has 27 heavy (non-hydrogen) atoms. The van der Waals surface area contributed by atoms with Gasteiger partial charge in [-0.15, -0.1) is 0 Å². The average Bonchev–Trinajstić information content (AvgIpc) is 2.67. The normalized spacial score (nSPS) is 23.3. The number of nitrogens with zero attached hydrogens (tertiary/aromatic N) is 3. The van der Waals surface area contributed by atoms with E-state index in [4.69, 9.17) is 4.74 Å². The molecule has 0 radical (unpaired) electrons. The highest BCUT2D eigenvalue weighted by atomic mass is 16.6. The van der Waals surface area contributed by atoms with Gasteiger partial charge in [0.05, 0.1) is 6.61 Å². The summed E-state index contributed by atoms with van der Waals surface area (Å²) >= 11 is 0. The molecule has 1 aliphatic carbocycles. The Balaban J connectivity index is 1.71. The fourth-order valence-electron chi connectivity index (χ4n) is 3.73. The van der Waals surface area contributed by atoms with E-state index in [-0.39, 0.29) is 29.7 Å². The maximum absolute atomic E-state index is 12.8. The molecule has 1 N–H and O–H groups in total. The number of carbonyl (C=O) groups is 3. The van der Waals surface area contributed by atoms with Crippen molar-refractivity contribution in [1.29, 1.82) is 0 Å². The highest BCUT2D eigenvalue weighted by Crippen LogP contribution is 2.30. The summed E-state index contributed by atoms with van der Waals surface area (Å²) in [4.78, 5) is 42.3. The zero-order valence-electron chi connectivity index (χ0n) is 16.9. The minimum atomic E-state index is -0.301. The van der Waals surface area contributed by atoms with Crippen LogP contribution in [-0.2, 0) is 14.3 Å². The van der Waals surface area contributed by atoms with Gasteiger partial charge in [-0.25, -0.2) is 4.79 Å². The van der Waals surface area contributed by atoms with E-state index in [1.165, 1.54) is 0 Å². The van der Waals surface area contributed by atoms with Crippen LogP contribution in [0.2, 0.25) is 0 Å². The second-order valence-electron chi connectivity index (χ2n) is 7.65. The number of rotatable bonds is 6. The number of carbonyl (C=O) groups excluding carboxylic acids is 3. The molecule has 0 spiro atoms. The van der Waals surface area contributed by atoms with Gasteiger partial charge in [0.2, 0.25) is 11.8 Å². The lowest BCUT2D eigenvalue weighted by Gasteiger charge is -2.37. The van der Waals surface area contributed by atoms with Gasteiger partial charge in [0.25, 0.3) is 0 Å². The Morgan fingerprint density at radius 1 is 0.963 bits per heavy atom. The van der Waals surface area contributed by atoms with Crippen molar-refractivity contribution in [3.8, 4) is 0 Å². The van der Waals surface area contributed by atoms with Gasteiger partial charge in [0, 0.05) is 51.1 Å². The number of piperazine rings is 1. The first-order valence-corrected chi connectivity index (χ1v) is 10.0. The van der Waals surface area contributed by atoms with Crippen molar-refractivity contribution in [1.82, 2.24) is 20.0 Å². The van der Waals surface area contributed by atoms with Gasteiger partial charge in [-0.3, -0.25) is 9.59 Å². The van der Waals surface area contributed by atoms with Crippen LogP contribution < -0.4 is 5.32 Å². The summed E-state index contributed by atoms with van der Waals surface area (Å²) in [6, 6.07) is 0. The van der Waals surface area contributed by atoms with Crippen molar-refractivity contribution < 1.29 is 19.1 Å². The van der Waals surface area contributed by atoms with Crippen LogP contribution in [0, 0.1) is 11.8 Å². The smallest absolute Gasteiger partial charge is 0.409 e. The number of nitrogens with one attached hydrogen (secondary N) is 1. The van der Waals surface area contributed by atoms with Crippen LogP contribution in [0.4, 0.5) is 4.79 Å². The first kappa shape index (κ1) is 21.5. The summed E-state index contributed by atoms with van der Waals surface area (Å²) in [5.74, 6) is 0.317. The van der Waals surface area contributed by atoms with Gasteiger partial charge in [-0.2, -0.15) is 0 Å². The quantitative estimate of drug-likeness (QED) is 0.734. The van der Waals surface area contributed by atoms with E-state index >= 15 is 0 Å². The fourth-order valence-corrected chi connectivity index (χ4v) is 3.73. The Morgan fingerprint density at radius 2 is 1.52 bits per heavy atom. The Labute approximate surface area is 162 Å². The zero-order chi connectivity index (χ0) is 19.8. The van der Waals surface area contributed by atoms with Crippen LogP contribution in [0.1, 0.15) is 32.6 Å². The van der Waals surface area contributed by atoms with E-state index in [0.29, 0.717) is 39.3 Å². The zero-order valence-corrected chi connectivity index (χ0v) is 16.9. The summed E-state index contributed by atoms with van der Waals surface area (Å²) in [6.45, 7) is 5.81. The molecule has 1 saturated heterocycles. The minimum absolute atomic E-state index is 0.00460. The first-order valence-electron chi connectivity index (χ1n) is 10.0. The Hall–Kier alpha value is -1.83.